The summed E-state index contributed by atoms with van der Waals surface area (Å²) in [5, 5.41) is 8.07. The lowest BCUT2D eigenvalue weighted by Crippen LogP contribution is -2.37. The van der Waals surface area contributed by atoms with Crippen LogP contribution in [0.5, 0.6) is 0 Å². The summed E-state index contributed by atoms with van der Waals surface area (Å²) < 4.78 is 1.88. The molecule has 1 aromatic rings. The maximum atomic E-state index is 4.38. The molecule has 2 rings (SSSR count). The molecule has 1 aromatic heterocycles. The van der Waals surface area contributed by atoms with Crippen LogP contribution in [0.25, 0.3) is 0 Å². The molecule has 1 aliphatic carbocycles. The van der Waals surface area contributed by atoms with E-state index in [9.17, 15) is 0 Å². The van der Waals surface area contributed by atoms with E-state index in [0.29, 0.717) is 6.04 Å². The number of aromatic nitrogens is 2. The first kappa shape index (κ1) is 11.5. The summed E-state index contributed by atoms with van der Waals surface area (Å²) in [6, 6.07) is 0.608. The van der Waals surface area contributed by atoms with Crippen molar-refractivity contribution in [1.82, 2.24) is 9.78 Å². The fourth-order valence-corrected chi connectivity index (χ4v) is 2.89. The highest BCUT2D eigenvalue weighted by Crippen LogP contribution is 2.31. The van der Waals surface area contributed by atoms with Crippen LogP contribution in [-0.4, -0.2) is 15.8 Å². The highest BCUT2D eigenvalue weighted by atomic mass is 15.3. The van der Waals surface area contributed by atoms with E-state index >= 15 is 0 Å². The number of rotatable bonds is 2. The van der Waals surface area contributed by atoms with Gasteiger partial charge in [0.05, 0.1) is 11.4 Å². The molecule has 0 amide bonds. The molecule has 0 spiro atoms. The molecule has 0 aliphatic heterocycles. The molecule has 0 radical (unpaired) electrons. The first-order chi connectivity index (χ1) is 7.58. The van der Waals surface area contributed by atoms with Gasteiger partial charge >= 0.3 is 0 Å². The van der Waals surface area contributed by atoms with Crippen molar-refractivity contribution in [3.63, 3.8) is 0 Å². The highest BCUT2D eigenvalue weighted by molar-refractivity contribution is 5.46. The van der Waals surface area contributed by atoms with Crippen molar-refractivity contribution >= 4 is 5.69 Å². The van der Waals surface area contributed by atoms with Crippen molar-refractivity contribution in [3.05, 3.63) is 11.9 Å². The second-order valence-corrected chi connectivity index (χ2v) is 5.36. The van der Waals surface area contributed by atoms with Gasteiger partial charge in [-0.2, -0.15) is 5.10 Å². The van der Waals surface area contributed by atoms with E-state index in [4.69, 9.17) is 0 Å². The Hall–Kier alpha value is -0.990. The molecule has 3 nitrogen and oxygen atoms in total. The number of hydrogen-bond acceptors (Lipinski definition) is 2. The lowest BCUT2D eigenvalue weighted by atomic mass is 9.78. The van der Waals surface area contributed by atoms with Crippen molar-refractivity contribution in [1.29, 1.82) is 0 Å². The van der Waals surface area contributed by atoms with Crippen molar-refractivity contribution in [2.24, 2.45) is 18.9 Å². The topological polar surface area (TPSA) is 29.9 Å². The molecule has 2 atom stereocenters. The Morgan fingerprint density at radius 3 is 2.44 bits per heavy atom. The fourth-order valence-electron chi connectivity index (χ4n) is 2.89. The molecule has 1 saturated carbocycles. The van der Waals surface area contributed by atoms with Gasteiger partial charge < -0.3 is 5.32 Å². The SMILES string of the molecule is Cc1nn(C)cc1NC1C(C)CCCC1C. The monoisotopic (exact) mass is 221 g/mol. The summed E-state index contributed by atoms with van der Waals surface area (Å²) in [4.78, 5) is 0. The average molecular weight is 221 g/mol. The Labute approximate surface area is 98.2 Å². The summed E-state index contributed by atoms with van der Waals surface area (Å²) >= 11 is 0. The van der Waals surface area contributed by atoms with Crippen LogP contribution in [0.3, 0.4) is 0 Å². The van der Waals surface area contributed by atoms with E-state index in [-0.39, 0.29) is 0 Å². The predicted molar refractivity (Wildman–Crippen MR) is 67.5 cm³/mol. The summed E-state index contributed by atoms with van der Waals surface area (Å²) in [5.74, 6) is 1.53. The first-order valence-electron chi connectivity index (χ1n) is 6.34. The molecule has 0 bridgehead atoms. The molecule has 1 N–H and O–H groups in total. The van der Waals surface area contributed by atoms with Gasteiger partial charge in [0.1, 0.15) is 0 Å². The van der Waals surface area contributed by atoms with Gasteiger partial charge in [-0.05, 0) is 31.6 Å². The average Bonchev–Trinajstić information content (AvgIpc) is 2.51. The standard InChI is InChI=1S/C13H23N3/c1-9-6-5-7-10(2)13(9)14-12-8-16(4)15-11(12)3/h8-10,13-14H,5-7H2,1-4H3. The van der Waals surface area contributed by atoms with Crippen LogP contribution in [0.1, 0.15) is 38.8 Å². The van der Waals surface area contributed by atoms with E-state index in [0.717, 1.165) is 17.5 Å². The summed E-state index contributed by atoms with van der Waals surface area (Å²) in [5.41, 5.74) is 2.31. The fraction of sp³-hybridized carbons (Fsp3) is 0.769. The molecular weight excluding hydrogens is 198 g/mol. The second kappa shape index (κ2) is 4.48. The Morgan fingerprint density at radius 1 is 1.31 bits per heavy atom. The Balaban J connectivity index is 2.10. The van der Waals surface area contributed by atoms with E-state index in [1.54, 1.807) is 0 Å². The second-order valence-electron chi connectivity index (χ2n) is 5.36. The molecule has 16 heavy (non-hydrogen) atoms. The Morgan fingerprint density at radius 2 is 1.94 bits per heavy atom. The molecule has 90 valence electrons. The van der Waals surface area contributed by atoms with Gasteiger partial charge in [0.2, 0.25) is 0 Å². The van der Waals surface area contributed by atoms with Gasteiger partial charge in [-0.1, -0.05) is 20.3 Å². The maximum Gasteiger partial charge on any atom is 0.0825 e. The van der Waals surface area contributed by atoms with E-state index in [1.807, 2.05) is 11.7 Å². The van der Waals surface area contributed by atoms with Gasteiger partial charge in [0.15, 0.2) is 0 Å². The predicted octanol–water partition coefficient (Wildman–Crippen LogP) is 2.97. The molecule has 3 heteroatoms. The Bertz CT molecular complexity index is 346. The third-order valence-corrected chi connectivity index (χ3v) is 3.88. The number of nitrogens with zero attached hydrogens (tertiary/aromatic N) is 2. The van der Waals surface area contributed by atoms with Crippen LogP contribution < -0.4 is 5.32 Å². The minimum absolute atomic E-state index is 0.608. The quantitative estimate of drug-likeness (QED) is 0.832. The minimum Gasteiger partial charge on any atom is -0.379 e. The number of aryl methyl sites for hydroxylation is 2. The van der Waals surface area contributed by atoms with Crippen molar-refractivity contribution < 1.29 is 0 Å². The molecule has 1 heterocycles. The number of anilines is 1. The summed E-state index contributed by atoms with van der Waals surface area (Å²) in [6.07, 6.45) is 6.17. The number of hydrogen-bond donors (Lipinski definition) is 1. The minimum atomic E-state index is 0.608. The third kappa shape index (κ3) is 2.23. The van der Waals surface area contributed by atoms with Crippen LogP contribution in [0.15, 0.2) is 6.20 Å². The normalized spacial score (nSPS) is 30.4. The third-order valence-electron chi connectivity index (χ3n) is 3.88. The van der Waals surface area contributed by atoms with Gasteiger partial charge in [0.25, 0.3) is 0 Å². The van der Waals surface area contributed by atoms with Crippen LogP contribution in [0, 0.1) is 18.8 Å². The van der Waals surface area contributed by atoms with Gasteiger partial charge in [-0.25, -0.2) is 0 Å². The first-order valence-corrected chi connectivity index (χ1v) is 6.34. The van der Waals surface area contributed by atoms with E-state index in [2.05, 4.69) is 37.4 Å². The summed E-state index contributed by atoms with van der Waals surface area (Å²) in [6.45, 7) is 6.79. The van der Waals surface area contributed by atoms with Crippen molar-refractivity contribution in [2.45, 2.75) is 46.1 Å². The Kier molecular flexibility index (Phi) is 3.22. The van der Waals surface area contributed by atoms with Gasteiger partial charge in [0, 0.05) is 19.3 Å². The van der Waals surface area contributed by atoms with Crippen LogP contribution in [0.4, 0.5) is 5.69 Å². The molecule has 2 unspecified atom stereocenters. The number of nitrogens with one attached hydrogen (secondary N) is 1. The maximum absolute atomic E-state index is 4.38. The molecular formula is C13H23N3. The van der Waals surface area contributed by atoms with Gasteiger partial charge in [-0.3, -0.25) is 4.68 Å². The lowest BCUT2D eigenvalue weighted by Gasteiger charge is -2.35. The molecule has 1 fully saturated rings. The molecule has 0 aromatic carbocycles. The molecule has 1 aliphatic rings. The van der Waals surface area contributed by atoms with Crippen molar-refractivity contribution in [2.75, 3.05) is 5.32 Å². The zero-order chi connectivity index (χ0) is 11.7. The van der Waals surface area contributed by atoms with Crippen LogP contribution >= 0.6 is 0 Å². The summed E-state index contributed by atoms with van der Waals surface area (Å²) in [7, 11) is 1.98. The lowest BCUT2D eigenvalue weighted by molar-refractivity contribution is 0.268. The zero-order valence-electron chi connectivity index (χ0n) is 10.8. The highest BCUT2D eigenvalue weighted by Gasteiger charge is 2.28. The van der Waals surface area contributed by atoms with Crippen molar-refractivity contribution in [3.8, 4) is 0 Å². The van der Waals surface area contributed by atoms with E-state index < -0.39 is 0 Å². The van der Waals surface area contributed by atoms with Crippen LogP contribution in [-0.2, 0) is 7.05 Å². The largest absolute Gasteiger partial charge is 0.379 e. The smallest absolute Gasteiger partial charge is 0.0825 e. The van der Waals surface area contributed by atoms with Crippen LogP contribution in [0.2, 0.25) is 0 Å². The van der Waals surface area contributed by atoms with E-state index in [1.165, 1.54) is 24.9 Å². The molecule has 0 saturated heterocycles. The van der Waals surface area contributed by atoms with Gasteiger partial charge in [-0.15, -0.1) is 0 Å². The zero-order valence-corrected chi connectivity index (χ0v) is 10.8.